The molecular weight excluding hydrogens is 452 g/mol. The third kappa shape index (κ3) is 3.43. The third-order valence-electron chi connectivity index (χ3n) is 6.19. The summed E-state index contributed by atoms with van der Waals surface area (Å²) in [4.78, 5) is 8.09. The Kier molecular flexibility index (Phi) is 4.87. The van der Waals surface area contributed by atoms with E-state index in [1.54, 1.807) is 24.4 Å². The number of aromatic amines is 2. The molecule has 0 atom stereocenters. The second kappa shape index (κ2) is 7.94. The van der Waals surface area contributed by atoms with Gasteiger partial charge in [0.2, 0.25) is 10.0 Å². The minimum absolute atomic E-state index is 0.264. The zero-order valence-corrected chi connectivity index (χ0v) is 19.0. The number of hydrogen-bond donors (Lipinski definition) is 3. The standard InChI is InChI=1S/C24H22N6O3S/c25-23-20-13-15(4-5-21(20)28-29-23)18-6-7-26-24-19(18)14-22(27-24)16-2-1-3-17(12-16)34(31,32)30-8-10-33-11-9-30/h1-7,12-14H,8-11H2,(H,26,27)(H3,25,28,29). The normalized spacial score (nSPS) is 15.3. The summed E-state index contributed by atoms with van der Waals surface area (Å²) >= 11 is 0. The number of pyridine rings is 1. The number of rotatable bonds is 4. The molecule has 6 rings (SSSR count). The van der Waals surface area contributed by atoms with Crippen molar-refractivity contribution in [1.29, 1.82) is 0 Å². The molecule has 0 radical (unpaired) electrons. The fraction of sp³-hybridized carbons (Fsp3) is 0.167. The predicted molar refractivity (Wildman–Crippen MR) is 131 cm³/mol. The van der Waals surface area contributed by atoms with Crippen molar-refractivity contribution < 1.29 is 13.2 Å². The van der Waals surface area contributed by atoms with Crippen molar-refractivity contribution in [2.45, 2.75) is 4.90 Å². The van der Waals surface area contributed by atoms with Crippen LogP contribution < -0.4 is 5.73 Å². The summed E-state index contributed by atoms with van der Waals surface area (Å²) in [5, 5.41) is 8.78. The first-order chi connectivity index (χ1) is 16.5. The van der Waals surface area contributed by atoms with Crippen LogP contribution in [-0.2, 0) is 14.8 Å². The second-order valence-corrected chi connectivity index (χ2v) is 10.2. The molecule has 3 aromatic heterocycles. The van der Waals surface area contributed by atoms with Crippen molar-refractivity contribution in [3.63, 3.8) is 0 Å². The largest absolute Gasteiger partial charge is 0.382 e. The number of morpholine rings is 1. The molecule has 4 heterocycles. The Morgan fingerprint density at radius 1 is 0.971 bits per heavy atom. The molecule has 0 unspecified atom stereocenters. The maximum Gasteiger partial charge on any atom is 0.243 e. The molecule has 1 fully saturated rings. The lowest BCUT2D eigenvalue weighted by molar-refractivity contribution is 0.0730. The summed E-state index contributed by atoms with van der Waals surface area (Å²) < 4.78 is 33.0. The van der Waals surface area contributed by atoms with Crippen LogP contribution in [0.4, 0.5) is 5.82 Å². The number of nitrogens with one attached hydrogen (secondary N) is 2. The minimum Gasteiger partial charge on any atom is -0.382 e. The topological polar surface area (TPSA) is 130 Å². The molecule has 2 aromatic carbocycles. The van der Waals surface area contributed by atoms with Crippen LogP contribution >= 0.6 is 0 Å². The Hall–Kier alpha value is -3.73. The average Bonchev–Trinajstić information content (AvgIpc) is 3.48. The highest BCUT2D eigenvalue weighted by Crippen LogP contribution is 2.34. The Labute approximate surface area is 195 Å². The van der Waals surface area contributed by atoms with E-state index in [9.17, 15) is 8.42 Å². The smallest absolute Gasteiger partial charge is 0.243 e. The number of anilines is 1. The summed E-state index contributed by atoms with van der Waals surface area (Å²) in [5.41, 5.74) is 11.1. The molecule has 10 heteroatoms. The van der Waals surface area contributed by atoms with Gasteiger partial charge in [0.1, 0.15) is 5.65 Å². The summed E-state index contributed by atoms with van der Waals surface area (Å²) in [5.74, 6) is 0.454. The first-order valence-electron chi connectivity index (χ1n) is 10.9. The predicted octanol–water partition coefficient (Wildman–Crippen LogP) is 3.38. The molecular formula is C24H22N6O3S. The Bertz CT molecular complexity index is 1630. The maximum atomic E-state index is 13.1. The van der Waals surface area contributed by atoms with E-state index in [0.717, 1.165) is 38.7 Å². The Balaban J connectivity index is 1.42. The molecule has 9 nitrogen and oxygen atoms in total. The lowest BCUT2D eigenvalue weighted by Gasteiger charge is -2.26. The number of nitrogens with two attached hydrogens (primary N) is 1. The van der Waals surface area contributed by atoms with Gasteiger partial charge in [-0.3, -0.25) is 5.10 Å². The minimum atomic E-state index is -3.59. The lowest BCUT2D eigenvalue weighted by atomic mass is 10.0. The molecule has 0 amide bonds. The summed E-state index contributed by atoms with van der Waals surface area (Å²) in [7, 11) is -3.59. The number of aromatic nitrogens is 4. The molecule has 0 bridgehead atoms. The van der Waals surface area contributed by atoms with E-state index in [1.807, 2.05) is 36.4 Å². The highest BCUT2D eigenvalue weighted by Gasteiger charge is 2.26. The highest BCUT2D eigenvalue weighted by atomic mass is 32.2. The second-order valence-electron chi connectivity index (χ2n) is 8.22. The third-order valence-corrected chi connectivity index (χ3v) is 8.08. The van der Waals surface area contributed by atoms with E-state index in [2.05, 4.69) is 20.2 Å². The fourth-order valence-electron chi connectivity index (χ4n) is 4.40. The van der Waals surface area contributed by atoms with E-state index >= 15 is 0 Å². The molecule has 1 aliphatic heterocycles. The van der Waals surface area contributed by atoms with Gasteiger partial charge in [-0.15, -0.1) is 0 Å². The maximum absolute atomic E-state index is 13.1. The monoisotopic (exact) mass is 474 g/mol. The Morgan fingerprint density at radius 2 is 1.82 bits per heavy atom. The number of ether oxygens (including phenoxy) is 1. The summed E-state index contributed by atoms with van der Waals surface area (Å²) in [6.45, 7) is 1.53. The van der Waals surface area contributed by atoms with Gasteiger partial charge >= 0.3 is 0 Å². The molecule has 0 saturated carbocycles. The Morgan fingerprint density at radius 3 is 2.68 bits per heavy atom. The molecule has 1 aliphatic rings. The van der Waals surface area contributed by atoms with Crippen LogP contribution in [0.15, 0.2) is 65.7 Å². The molecule has 0 spiro atoms. The van der Waals surface area contributed by atoms with Crippen LogP contribution in [0.1, 0.15) is 0 Å². The SMILES string of the molecule is Nc1n[nH]c2ccc(-c3ccnc4[nH]c(-c5cccc(S(=O)(=O)N6CCOCC6)c5)cc34)cc12. The van der Waals surface area contributed by atoms with Crippen LogP contribution in [0.25, 0.3) is 44.3 Å². The zero-order chi connectivity index (χ0) is 23.3. The van der Waals surface area contributed by atoms with Crippen LogP contribution in [0.5, 0.6) is 0 Å². The van der Waals surface area contributed by atoms with Gasteiger partial charge in [0.05, 0.1) is 23.6 Å². The first-order valence-corrected chi connectivity index (χ1v) is 12.3. The fourth-order valence-corrected chi connectivity index (χ4v) is 5.85. The first kappa shape index (κ1) is 20.8. The van der Waals surface area contributed by atoms with Gasteiger partial charge in [-0.1, -0.05) is 18.2 Å². The van der Waals surface area contributed by atoms with E-state index in [0.29, 0.717) is 37.8 Å². The number of H-pyrrole nitrogens is 2. The lowest BCUT2D eigenvalue weighted by Crippen LogP contribution is -2.40. The number of nitrogen functional groups attached to an aromatic ring is 1. The number of fused-ring (bicyclic) bond motifs is 2. The van der Waals surface area contributed by atoms with Crippen molar-refractivity contribution in [2.75, 3.05) is 32.0 Å². The quantitative estimate of drug-likeness (QED) is 0.366. The average molecular weight is 475 g/mol. The van der Waals surface area contributed by atoms with Gasteiger partial charge < -0.3 is 15.5 Å². The van der Waals surface area contributed by atoms with E-state index in [1.165, 1.54) is 4.31 Å². The molecule has 172 valence electrons. The van der Waals surface area contributed by atoms with Gasteiger partial charge in [-0.25, -0.2) is 13.4 Å². The zero-order valence-electron chi connectivity index (χ0n) is 18.2. The van der Waals surface area contributed by atoms with Gasteiger partial charge in [-0.05, 0) is 53.1 Å². The molecule has 5 aromatic rings. The number of sulfonamides is 1. The van der Waals surface area contributed by atoms with Crippen molar-refractivity contribution in [3.05, 3.63) is 60.8 Å². The molecule has 34 heavy (non-hydrogen) atoms. The van der Waals surface area contributed by atoms with E-state index in [4.69, 9.17) is 10.5 Å². The highest BCUT2D eigenvalue weighted by molar-refractivity contribution is 7.89. The number of hydrogen-bond acceptors (Lipinski definition) is 6. The summed E-state index contributed by atoms with van der Waals surface area (Å²) in [6, 6.07) is 16.9. The van der Waals surface area contributed by atoms with E-state index in [-0.39, 0.29) is 4.90 Å². The van der Waals surface area contributed by atoms with Gasteiger partial charge in [-0.2, -0.15) is 9.40 Å². The van der Waals surface area contributed by atoms with Crippen molar-refractivity contribution in [2.24, 2.45) is 0 Å². The molecule has 4 N–H and O–H groups in total. The van der Waals surface area contributed by atoms with E-state index < -0.39 is 10.0 Å². The van der Waals surface area contributed by atoms with Crippen molar-refractivity contribution in [1.82, 2.24) is 24.5 Å². The molecule has 0 aliphatic carbocycles. The van der Waals surface area contributed by atoms with Gasteiger partial charge in [0.15, 0.2) is 5.82 Å². The van der Waals surface area contributed by atoms with Gasteiger partial charge in [0.25, 0.3) is 0 Å². The number of benzene rings is 2. The number of nitrogens with zero attached hydrogens (tertiary/aromatic N) is 3. The van der Waals surface area contributed by atoms with Crippen molar-refractivity contribution >= 4 is 37.8 Å². The summed E-state index contributed by atoms with van der Waals surface area (Å²) in [6.07, 6.45) is 1.75. The van der Waals surface area contributed by atoms with Crippen LogP contribution in [-0.4, -0.2) is 59.2 Å². The van der Waals surface area contributed by atoms with Gasteiger partial charge in [0, 0.05) is 35.8 Å². The van der Waals surface area contributed by atoms with Crippen LogP contribution in [0.3, 0.4) is 0 Å². The van der Waals surface area contributed by atoms with Crippen LogP contribution in [0, 0.1) is 0 Å². The molecule has 1 saturated heterocycles. The van der Waals surface area contributed by atoms with Crippen molar-refractivity contribution in [3.8, 4) is 22.4 Å². The van der Waals surface area contributed by atoms with Crippen LogP contribution in [0.2, 0.25) is 0 Å².